The van der Waals surface area contributed by atoms with Crippen LogP contribution in [0.1, 0.15) is 46.5 Å². The average molecular weight is 307 g/mol. The lowest BCUT2D eigenvalue weighted by Gasteiger charge is -2.09. The molecule has 0 saturated carbocycles. The van der Waals surface area contributed by atoms with E-state index in [1.165, 1.54) is 16.0 Å². The molecular formula is C16H21NOS2. The van der Waals surface area contributed by atoms with Gasteiger partial charge in [-0.1, -0.05) is 26.0 Å². The molecule has 0 radical (unpaired) electrons. The van der Waals surface area contributed by atoms with Crippen LogP contribution in [0.5, 0.6) is 5.75 Å². The molecule has 0 fully saturated rings. The molecule has 0 unspecified atom stereocenters. The average Bonchev–Trinajstić information content (AvgIpc) is 2.84. The largest absolute Gasteiger partial charge is 0.486 e. The van der Waals surface area contributed by atoms with Gasteiger partial charge < -0.3 is 4.74 Å². The second-order valence-corrected chi connectivity index (χ2v) is 6.70. The summed E-state index contributed by atoms with van der Waals surface area (Å²) in [6.45, 7) is 9.05. The van der Waals surface area contributed by atoms with Crippen molar-refractivity contribution in [2.24, 2.45) is 0 Å². The van der Waals surface area contributed by atoms with Gasteiger partial charge in [0.25, 0.3) is 0 Å². The van der Waals surface area contributed by atoms with Crippen LogP contribution >= 0.6 is 24.0 Å². The quantitative estimate of drug-likeness (QED) is 0.794. The van der Waals surface area contributed by atoms with Crippen molar-refractivity contribution in [3.05, 3.63) is 44.9 Å². The van der Waals surface area contributed by atoms with Gasteiger partial charge in [0.2, 0.25) is 0 Å². The Morgan fingerprint density at radius 2 is 2.05 bits per heavy atom. The molecule has 2 nitrogen and oxygen atoms in total. The molecule has 0 atom stereocenters. The van der Waals surface area contributed by atoms with Crippen LogP contribution in [0.3, 0.4) is 0 Å². The Hall–Kier alpha value is -1.000. The SMILES string of the molecule is Cc1cccc(OCc2nc(C(C)C)c(CS)s2)c1C. The molecule has 20 heavy (non-hydrogen) atoms. The summed E-state index contributed by atoms with van der Waals surface area (Å²) in [5, 5.41) is 1.03. The molecule has 4 heteroatoms. The lowest BCUT2D eigenvalue weighted by molar-refractivity contribution is 0.303. The lowest BCUT2D eigenvalue weighted by Crippen LogP contribution is -1.98. The van der Waals surface area contributed by atoms with E-state index in [0.29, 0.717) is 12.5 Å². The van der Waals surface area contributed by atoms with E-state index in [0.717, 1.165) is 22.2 Å². The Kier molecular flexibility index (Phi) is 5.11. The fourth-order valence-corrected chi connectivity index (χ4v) is 3.41. The van der Waals surface area contributed by atoms with Crippen molar-refractivity contribution in [2.45, 2.75) is 46.0 Å². The Labute approximate surface area is 130 Å². The number of thiazole rings is 1. The third-order valence-corrected chi connectivity index (χ3v) is 4.94. The van der Waals surface area contributed by atoms with Gasteiger partial charge >= 0.3 is 0 Å². The summed E-state index contributed by atoms with van der Waals surface area (Å²) in [6, 6.07) is 6.14. The van der Waals surface area contributed by atoms with E-state index in [1.807, 2.05) is 12.1 Å². The van der Waals surface area contributed by atoms with Crippen molar-refractivity contribution < 1.29 is 4.74 Å². The Morgan fingerprint density at radius 1 is 1.30 bits per heavy atom. The second kappa shape index (κ2) is 6.64. The lowest BCUT2D eigenvalue weighted by atomic mass is 10.1. The van der Waals surface area contributed by atoms with E-state index in [1.54, 1.807) is 11.3 Å². The fraction of sp³-hybridized carbons (Fsp3) is 0.438. The van der Waals surface area contributed by atoms with Gasteiger partial charge in [-0.2, -0.15) is 12.6 Å². The van der Waals surface area contributed by atoms with Gasteiger partial charge in [-0.25, -0.2) is 4.98 Å². The van der Waals surface area contributed by atoms with Gasteiger partial charge in [-0.15, -0.1) is 11.3 Å². The minimum absolute atomic E-state index is 0.433. The van der Waals surface area contributed by atoms with E-state index < -0.39 is 0 Å². The summed E-state index contributed by atoms with van der Waals surface area (Å²) in [5.41, 5.74) is 3.60. The fourth-order valence-electron chi connectivity index (χ4n) is 2.06. The highest BCUT2D eigenvalue weighted by molar-refractivity contribution is 7.79. The van der Waals surface area contributed by atoms with Crippen molar-refractivity contribution in [3.8, 4) is 5.75 Å². The maximum absolute atomic E-state index is 5.92. The van der Waals surface area contributed by atoms with Crippen LogP contribution in [0.15, 0.2) is 18.2 Å². The number of aryl methyl sites for hydroxylation is 1. The van der Waals surface area contributed by atoms with E-state index in [-0.39, 0.29) is 0 Å². The summed E-state index contributed by atoms with van der Waals surface area (Å²) in [7, 11) is 0. The van der Waals surface area contributed by atoms with Crippen LogP contribution in [0.25, 0.3) is 0 Å². The number of nitrogens with zero attached hydrogens (tertiary/aromatic N) is 1. The summed E-state index contributed by atoms with van der Waals surface area (Å²) >= 11 is 6.09. The summed E-state index contributed by atoms with van der Waals surface area (Å²) in [5.74, 6) is 2.12. The zero-order valence-electron chi connectivity index (χ0n) is 12.4. The minimum atomic E-state index is 0.433. The third kappa shape index (κ3) is 3.36. The van der Waals surface area contributed by atoms with Gasteiger partial charge in [0.1, 0.15) is 17.4 Å². The number of rotatable bonds is 5. The van der Waals surface area contributed by atoms with Crippen molar-refractivity contribution >= 4 is 24.0 Å². The molecule has 2 aromatic rings. The summed E-state index contributed by atoms with van der Waals surface area (Å²) in [4.78, 5) is 5.95. The van der Waals surface area contributed by atoms with Gasteiger partial charge in [-0.3, -0.25) is 0 Å². The predicted molar refractivity (Wildman–Crippen MR) is 89.1 cm³/mol. The molecule has 108 valence electrons. The van der Waals surface area contributed by atoms with E-state index >= 15 is 0 Å². The van der Waals surface area contributed by atoms with Crippen molar-refractivity contribution in [2.75, 3.05) is 0 Å². The van der Waals surface area contributed by atoms with Crippen LogP contribution < -0.4 is 4.74 Å². The third-order valence-electron chi connectivity index (χ3n) is 3.37. The highest BCUT2D eigenvalue weighted by Crippen LogP contribution is 2.28. The maximum Gasteiger partial charge on any atom is 0.140 e. The molecule has 0 spiro atoms. The molecule has 0 saturated heterocycles. The molecule has 1 aromatic carbocycles. The monoisotopic (exact) mass is 307 g/mol. The first-order valence-electron chi connectivity index (χ1n) is 6.81. The van der Waals surface area contributed by atoms with E-state index in [2.05, 4.69) is 46.4 Å². The first kappa shape index (κ1) is 15.4. The molecular weight excluding hydrogens is 286 g/mol. The number of hydrogen-bond acceptors (Lipinski definition) is 4. The number of ether oxygens (including phenoxy) is 1. The van der Waals surface area contributed by atoms with Crippen LogP contribution in [0.4, 0.5) is 0 Å². The van der Waals surface area contributed by atoms with Gasteiger partial charge in [0.05, 0.1) is 5.69 Å². The zero-order valence-corrected chi connectivity index (χ0v) is 14.1. The molecule has 0 bridgehead atoms. The van der Waals surface area contributed by atoms with E-state index in [9.17, 15) is 0 Å². The van der Waals surface area contributed by atoms with Crippen molar-refractivity contribution in [1.29, 1.82) is 0 Å². The highest BCUT2D eigenvalue weighted by atomic mass is 32.1. The minimum Gasteiger partial charge on any atom is -0.486 e. The number of thiol groups is 1. The molecule has 2 rings (SSSR count). The Bertz CT molecular complexity index is 590. The number of benzene rings is 1. The number of aromatic nitrogens is 1. The van der Waals surface area contributed by atoms with Crippen LogP contribution in [0.2, 0.25) is 0 Å². The standard InChI is InChI=1S/C16H21NOS2/c1-10(2)16-14(9-19)20-15(17-16)8-18-13-7-5-6-11(3)12(13)4/h5-7,10,19H,8-9H2,1-4H3. The highest BCUT2D eigenvalue weighted by Gasteiger charge is 2.13. The van der Waals surface area contributed by atoms with Gasteiger partial charge in [0.15, 0.2) is 0 Å². The van der Waals surface area contributed by atoms with Crippen LogP contribution in [-0.4, -0.2) is 4.98 Å². The Morgan fingerprint density at radius 3 is 2.65 bits per heavy atom. The molecule has 0 N–H and O–H groups in total. The predicted octanol–water partition coefficient (Wildman–Crippen LogP) is 4.89. The molecule has 1 aromatic heterocycles. The smallest absolute Gasteiger partial charge is 0.140 e. The topological polar surface area (TPSA) is 22.1 Å². The second-order valence-electron chi connectivity index (χ2n) is 5.22. The Balaban J connectivity index is 2.13. The first-order valence-corrected chi connectivity index (χ1v) is 8.26. The van der Waals surface area contributed by atoms with Crippen LogP contribution in [-0.2, 0) is 12.4 Å². The molecule has 0 amide bonds. The summed E-state index contributed by atoms with van der Waals surface area (Å²) in [6.07, 6.45) is 0. The molecule has 1 heterocycles. The summed E-state index contributed by atoms with van der Waals surface area (Å²) < 4.78 is 5.92. The van der Waals surface area contributed by atoms with Gasteiger partial charge in [0, 0.05) is 10.6 Å². The number of hydrogen-bond donors (Lipinski definition) is 1. The molecule has 0 aliphatic rings. The molecule has 0 aliphatic carbocycles. The van der Waals surface area contributed by atoms with Crippen molar-refractivity contribution in [3.63, 3.8) is 0 Å². The van der Waals surface area contributed by atoms with Crippen LogP contribution in [0, 0.1) is 13.8 Å². The normalized spacial score (nSPS) is 11.1. The van der Waals surface area contributed by atoms with Gasteiger partial charge in [-0.05, 0) is 37.0 Å². The maximum atomic E-state index is 5.92. The first-order chi connectivity index (χ1) is 9.52. The van der Waals surface area contributed by atoms with Crippen molar-refractivity contribution in [1.82, 2.24) is 4.98 Å². The zero-order chi connectivity index (χ0) is 14.7. The van der Waals surface area contributed by atoms with E-state index in [4.69, 9.17) is 9.72 Å². The molecule has 0 aliphatic heterocycles.